The maximum atomic E-state index is 11.7. The molecule has 0 saturated carbocycles. The molecule has 7 nitrogen and oxygen atoms in total. The Morgan fingerprint density at radius 3 is 2.63 bits per heavy atom. The number of hydrogen-bond acceptors (Lipinski definition) is 6. The van der Waals surface area contributed by atoms with Crippen molar-refractivity contribution in [2.45, 2.75) is 12.0 Å². The van der Waals surface area contributed by atoms with Gasteiger partial charge in [-0.15, -0.1) is 12.4 Å². The highest BCUT2D eigenvalue weighted by Crippen LogP contribution is 2.14. The third-order valence-corrected chi connectivity index (χ3v) is 3.32. The molecule has 0 aliphatic rings. The second kappa shape index (κ2) is 8.16. The zero-order chi connectivity index (χ0) is 13.6. The van der Waals surface area contributed by atoms with Crippen LogP contribution in [0.1, 0.15) is 17.5 Å². The van der Waals surface area contributed by atoms with Crippen LogP contribution in [0.4, 0.5) is 0 Å². The molecule has 19 heavy (non-hydrogen) atoms. The van der Waals surface area contributed by atoms with E-state index in [0.29, 0.717) is 6.54 Å². The summed E-state index contributed by atoms with van der Waals surface area (Å²) in [6.07, 6.45) is 0. The summed E-state index contributed by atoms with van der Waals surface area (Å²) in [5.41, 5.74) is 0. The number of rotatable bonds is 7. The maximum absolute atomic E-state index is 11.7. The highest BCUT2D eigenvalue weighted by Gasteiger charge is 2.21. The molecular weight excluding hydrogens is 296 g/mol. The number of sulfonamides is 1. The number of carbonyl (C=O) groups is 1. The smallest absolute Gasteiger partial charge is 0.374 e. The normalized spacial score (nSPS) is 10.8. The highest BCUT2D eigenvalue weighted by molar-refractivity contribution is 7.89. The van der Waals surface area contributed by atoms with E-state index in [1.165, 1.54) is 12.1 Å². The minimum atomic E-state index is -3.72. The van der Waals surface area contributed by atoms with Gasteiger partial charge >= 0.3 is 5.97 Å². The lowest BCUT2D eigenvalue weighted by Crippen LogP contribution is -2.30. The Bertz CT molecular complexity index is 500. The van der Waals surface area contributed by atoms with Gasteiger partial charge in [-0.05, 0) is 26.1 Å². The van der Waals surface area contributed by atoms with E-state index in [1.54, 1.807) is 14.0 Å². The van der Waals surface area contributed by atoms with Crippen LogP contribution in [0, 0.1) is 0 Å². The van der Waals surface area contributed by atoms with Crippen LogP contribution in [0.25, 0.3) is 0 Å². The van der Waals surface area contributed by atoms with Crippen molar-refractivity contribution in [2.75, 3.05) is 26.7 Å². The molecule has 0 bridgehead atoms. The predicted molar refractivity (Wildman–Crippen MR) is 71.0 cm³/mol. The van der Waals surface area contributed by atoms with Crippen molar-refractivity contribution in [1.29, 1.82) is 0 Å². The molecule has 0 aromatic carbocycles. The molecule has 0 saturated heterocycles. The second-order valence-corrected chi connectivity index (χ2v) is 5.04. The van der Waals surface area contributed by atoms with Gasteiger partial charge < -0.3 is 14.5 Å². The molecular formula is C10H17ClN2O5S. The monoisotopic (exact) mass is 312 g/mol. The van der Waals surface area contributed by atoms with Crippen LogP contribution in [0.3, 0.4) is 0 Å². The molecule has 0 fully saturated rings. The summed E-state index contributed by atoms with van der Waals surface area (Å²) in [7, 11) is -2.02. The van der Waals surface area contributed by atoms with Crippen molar-refractivity contribution < 1.29 is 22.4 Å². The molecule has 2 N–H and O–H groups in total. The second-order valence-electron chi connectivity index (χ2n) is 3.34. The first-order valence-corrected chi connectivity index (χ1v) is 6.90. The van der Waals surface area contributed by atoms with Crippen molar-refractivity contribution in [2.24, 2.45) is 0 Å². The summed E-state index contributed by atoms with van der Waals surface area (Å²) >= 11 is 0. The van der Waals surface area contributed by atoms with Crippen molar-refractivity contribution in [3.63, 3.8) is 0 Å². The van der Waals surface area contributed by atoms with Gasteiger partial charge in [-0.3, -0.25) is 0 Å². The zero-order valence-electron chi connectivity index (χ0n) is 10.6. The number of likely N-dealkylation sites (N-methyl/N-ethyl adjacent to an activating group) is 1. The van der Waals surface area contributed by atoms with Gasteiger partial charge in [0.1, 0.15) is 0 Å². The molecule has 1 heterocycles. The van der Waals surface area contributed by atoms with E-state index in [4.69, 9.17) is 9.15 Å². The predicted octanol–water partition coefficient (Wildman–Crippen LogP) is 0.376. The Hall–Kier alpha value is -1.09. The van der Waals surface area contributed by atoms with Gasteiger partial charge in [0.25, 0.3) is 10.0 Å². The van der Waals surface area contributed by atoms with E-state index in [0.717, 1.165) is 0 Å². The maximum Gasteiger partial charge on any atom is 0.374 e. The molecule has 110 valence electrons. The van der Waals surface area contributed by atoms with E-state index >= 15 is 0 Å². The molecule has 0 atom stereocenters. The molecule has 0 aliphatic heterocycles. The fraction of sp³-hybridized carbons (Fsp3) is 0.500. The van der Waals surface area contributed by atoms with E-state index < -0.39 is 16.0 Å². The van der Waals surface area contributed by atoms with Gasteiger partial charge in [0.15, 0.2) is 0 Å². The lowest BCUT2D eigenvalue weighted by Gasteiger charge is -2.03. The Kier molecular flexibility index (Phi) is 7.69. The number of halogens is 1. The average molecular weight is 313 g/mol. The summed E-state index contributed by atoms with van der Waals surface area (Å²) in [5.74, 6) is -0.819. The standard InChI is InChI=1S/C10H16N2O5S.ClH/c1-3-16-10(13)8-4-5-9(17-8)18(14,15)12-7-6-11-2;/h4-5,11-12H,3,6-7H2,1-2H3;1H. The molecule has 0 spiro atoms. The van der Waals surface area contributed by atoms with Gasteiger partial charge in [-0.1, -0.05) is 0 Å². The number of ether oxygens (including phenoxy) is 1. The first-order chi connectivity index (χ1) is 8.51. The minimum absolute atomic E-state index is 0. The van der Waals surface area contributed by atoms with E-state index in [9.17, 15) is 13.2 Å². The van der Waals surface area contributed by atoms with Gasteiger partial charge in [0.2, 0.25) is 10.9 Å². The molecule has 1 rings (SSSR count). The van der Waals surface area contributed by atoms with Crippen LogP contribution in [0.2, 0.25) is 0 Å². The summed E-state index contributed by atoms with van der Waals surface area (Å²) < 4.78 is 35.4. The summed E-state index contributed by atoms with van der Waals surface area (Å²) in [6, 6.07) is 2.48. The largest absolute Gasteiger partial charge is 0.460 e. The Labute approximate surface area is 118 Å². The van der Waals surface area contributed by atoms with Gasteiger partial charge in [0.05, 0.1) is 6.61 Å². The van der Waals surface area contributed by atoms with E-state index in [2.05, 4.69) is 10.0 Å². The Morgan fingerprint density at radius 2 is 2.05 bits per heavy atom. The third-order valence-electron chi connectivity index (χ3n) is 1.99. The van der Waals surface area contributed by atoms with Crippen molar-refractivity contribution in [3.8, 4) is 0 Å². The van der Waals surface area contributed by atoms with Crippen molar-refractivity contribution >= 4 is 28.4 Å². The number of carbonyl (C=O) groups excluding carboxylic acids is 1. The lowest BCUT2D eigenvalue weighted by molar-refractivity contribution is 0.0484. The number of furan rings is 1. The van der Waals surface area contributed by atoms with Gasteiger partial charge in [-0.2, -0.15) is 0 Å². The number of nitrogens with one attached hydrogen (secondary N) is 2. The van der Waals surface area contributed by atoms with Crippen LogP contribution >= 0.6 is 12.4 Å². The number of esters is 1. The Morgan fingerprint density at radius 1 is 1.37 bits per heavy atom. The van der Waals surface area contributed by atoms with Gasteiger partial charge in [0, 0.05) is 13.1 Å². The topological polar surface area (TPSA) is 97.6 Å². The summed E-state index contributed by atoms with van der Waals surface area (Å²) in [4.78, 5) is 11.3. The van der Waals surface area contributed by atoms with Crippen LogP contribution in [-0.2, 0) is 14.8 Å². The van der Waals surface area contributed by atoms with Gasteiger partial charge in [-0.25, -0.2) is 17.9 Å². The molecule has 0 amide bonds. The van der Waals surface area contributed by atoms with Crippen LogP contribution in [-0.4, -0.2) is 41.1 Å². The first kappa shape index (κ1) is 17.9. The molecule has 9 heteroatoms. The third kappa shape index (κ3) is 5.19. The molecule has 0 radical (unpaired) electrons. The molecule has 0 unspecified atom stereocenters. The number of hydrogen-bond donors (Lipinski definition) is 2. The zero-order valence-corrected chi connectivity index (χ0v) is 12.3. The molecule has 0 aliphatic carbocycles. The SMILES string of the molecule is CCOC(=O)c1ccc(S(=O)(=O)NCCNC)o1.Cl. The summed E-state index contributed by atoms with van der Waals surface area (Å²) in [6.45, 7) is 2.57. The van der Waals surface area contributed by atoms with Crippen molar-refractivity contribution in [1.82, 2.24) is 10.0 Å². The highest BCUT2D eigenvalue weighted by atomic mass is 35.5. The van der Waals surface area contributed by atoms with Crippen LogP contribution in [0.5, 0.6) is 0 Å². The lowest BCUT2D eigenvalue weighted by atomic mass is 10.5. The fourth-order valence-electron chi connectivity index (χ4n) is 1.16. The fourth-order valence-corrected chi connectivity index (χ4v) is 2.12. The summed E-state index contributed by atoms with van der Waals surface area (Å²) in [5, 5.41) is 2.50. The minimum Gasteiger partial charge on any atom is -0.460 e. The van der Waals surface area contributed by atoms with Crippen molar-refractivity contribution in [3.05, 3.63) is 17.9 Å². The first-order valence-electron chi connectivity index (χ1n) is 5.42. The Balaban J connectivity index is 0.00000324. The average Bonchev–Trinajstić information content (AvgIpc) is 2.79. The van der Waals surface area contributed by atoms with E-state index in [1.807, 2.05) is 0 Å². The quantitative estimate of drug-likeness (QED) is 0.558. The molecule has 1 aromatic heterocycles. The molecule has 1 aromatic rings. The van der Waals surface area contributed by atoms with E-state index in [-0.39, 0.29) is 36.4 Å². The van der Waals surface area contributed by atoms with Crippen LogP contribution < -0.4 is 10.0 Å². The van der Waals surface area contributed by atoms with Crippen LogP contribution in [0.15, 0.2) is 21.6 Å².